The summed E-state index contributed by atoms with van der Waals surface area (Å²) >= 11 is 0. The van der Waals surface area contributed by atoms with Crippen LogP contribution < -0.4 is 17.1 Å². The maximum atomic E-state index is 12.1. The van der Waals surface area contributed by atoms with Crippen LogP contribution in [0.2, 0.25) is 0 Å². The van der Waals surface area contributed by atoms with Gasteiger partial charge < -0.3 is 11.3 Å². The van der Waals surface area contributed by atoms with Crippen LogP contribution in [0.15, 0.2) is 52.7 Å². The van der Waals surface area contributed by atoms with Crippen molar-refractivity contribution in [1.82, 2.24) is 5.43 Å². The minimum Gasteiger partial charge on any atom is -0.321 e. The van der Waals surface area contributed by atoms with Gasteiger partial charge in [0, 0.05) is 0 Å². The maximum Gasteiger partial charge on any atom is 0.177 e. The molecule has 0 saturated carbocycles. The van der Waals surface area contributed by atoms with E-state index in [9.17, 15) is 4.79 Å². The number of nitrogens with one attached hydrogen (secondary N) is 1. The van der Waals surface area contributed by atoms with Gasteiger partial charge in [-0.05, 0) is 11.6 Å². The largest absolute Gasteiger partial charge is 0.321 e. The fourth-order valence-corrected chi connectivity index (χ4v) is 1.76. The first-order valence-corrected chi connectivity index (χ1v) is 4.83. The molecule has 0 aromatic heterocycles. The lowest BCUT2D eigenvalue weighted by Crippen LogP contribution is -2.37. The van der Waals surface area contributed by atoms with Crippen LogP contribution >= 0.6 is 0 Å². The van der Waals surface area contributed by atoms with Crippen LogP contribution in [0.5, 0.6) is 0 Å². The zero-order chi connectivity index (χ0) is 11.5. The first-order chi connectivity index (χ1) is 7.77. The Morgan fingerprint density at radius 2 is 2.19 bits per heavy atom. The number of hydrogen-bond donors (Lipinski definition) is 3. The zero-order valence-corrected chi connectivity index (χ0v) is 8.55. The van der Waals surface area contributed by atoms with E-state index < -0.39 is 0 Å². The van der Waals surface area contributed by atoms with E-state index in [1.54, 1.807) is 6.08 Å². The van der Waals surface area contributed by atoms with E-state index in [1.807, 2.05) is 30.4 Å². The molecule has 0 aromatic rings. The smallest absolute Gasteiger partial charge is 0.177 e. The summed E-state index contributed by atoms with van der Waals surface area (Å²) < 4.78 is 0. The highest BCUT2D eigenvalue weighted by atomic mass is 16.1. The summed E-state index contributed by atoms with van der Waals surface area (Å²) in [5.74, 6) is 10.3. The molecule has 0 bridgehead atoms. The maximum absolute atomic E-state index is 12.1. The number of nitrogens with two attached hydrogens (primary N) is 2. The Kier molecular flexibility index (Phi) is 2.70. The Balaban J connectivity index is 2.40. The number of allylic oxidation sites excluding steroid dienone is 7. The van der Waals surface area contributed by atoms with Crippen molar-refractivity contribution in [2.45, 2.75) is 0 Å². The number of hydrogen-bond acceptors (Lipinski definition) is 4. The van der Waals surface area contributed by atoms with Gasteiger partial charge in [-0.3, -0.25) is 4.79 Å². The molecule has 1 unspecified atom stereocenters. The van der Waals surface area contributed by atoms with Crippen molar-refractivity contribution in [2.24, 2.45) is 22.7 Å². The van der Waals surface area contributed by atoms with Crippen molar-refractivity contribution >= 4 is 11.6 Å². The number of amidine groups is 1. The van der Waals surface area contributed by atoms with E-state index in [4.69, 9.17) is 11.7 Å². The first kappa shape index (κ1) is 10.4. The molecule has 0 aliphatic heterocycles. The number of nitrogens with zero attached hydrogens (tertiary/aromatic N) is 1. The van der Waals surface area contributed by atoms with Crippen LogP contribution in [-0.2, 0) is 4.79 Å². The molecule has 2 rings (SSSR count). The Morgan fingerprint density at radius 3 is 2.88 bits per heavy atom. The van der Waals surface area contributed by atoms with Crippen LogP contribution in [0.25, 0.3) is 0 Å². The summed E-state index contributed by atoms with van der Waals surface area (Å²) in [6, 6.07) is 0. The Labute approximate surface area is 92.8 Å². The molecule has 0 radical (unpaired) electrons. The first-order valence-electron chi connectivity index (χ1n) is 4.83. The summed E-state index contributed by atoms with van der Waals surface area (Å²) in [7, 11) is 0. The number of ketones is 1. The van der Waals surface area contributed by atoms with Gasteiger partial charge in [0.05, 0.1) is 11.5 Å². The van der Waals surface area contributed by atoms with Crippen LogP contribution in [0, 0.1) is 5.92 Å². The van der Waals surface area contributed by atoms with Crippen molar-refractivity contribution in [2.75, 3.05) is 0 Å². The highest BCUT2D eigenvalue weighted by molar-refractivity contribution is 6.24. The van der Waals surface area contributed by atoms with Crippen molar-refractivity contribution in [1.29, 1.82) is 0 Å². The van der Waals surface area contributed by atoms with Crippen molar-refractivity contribution in [3.8, 4) is 0 Å². The number of carbonyl (C=O) groups excluding carboxylic acids is 1. The molecular formula is C11H12N4O. The second-order valence-corrected chi connectivity index (χ2v) is 3.45. The molecule has 0 amide bonds. The molecule has 82 valence electrons. The van der Waals surface area contributed by atoms with Gasteiger partial charge in [-0.1, -0.05) is 30.4 Å². The average molecular weight is 216 g/mol. The lowest BCUT2D eigenvalue weighted by atomic mass is 9.83. The van der Waals surface area contributed by atoms with Gasteiger partial charge in [0.15, 0.2) is 11.6 Å². The topological polar surface area (TPSA) is 93.5 Å². The molecule has 5 N–H and O–H groups in total. The van der Waals surface area contributed by atoms with E-state index in [0.29, 0.717) is 5.57 Å². The Bertz CT molecular complexity index is 468. The third-order valence-corrected chi connectivity index (χ3v) is 2.57. The number of rotatable bonds is 1. The molecule has 16 heavy (non-hydrogen) atoms. The molecule has 1 atom stereocenters. The SMILES string of the molecule is N/N=C(\NN)C1=CC=C2C=CC=CC2C1=O. The summed E-state index contributed by atoms with van der Waals surface area (Å²) in [5, 5.41) is 3.44. The monoisotopic (exact) mass is 216 g/mol. The average Bonchev–Trinajstić information content (AvgIpc) is 2.34. The minimum absolute atomic E-state index is 0.0553. The summed E-state index contributed by atoms with van der Waals surface area (Å²) in [6.07, 6.45) is 11.0. The van der Waals surface area contributed by atoms with Crippen molar-refractivity contribution in [3.63, 3.8) is 0 Å². The van der Waals surface area contributed by atoms with Gasteiger partial charge in [-0.15, -0.1) is 0 Å². The van der Waals surface area contributed by atoms with Crippen LogP contribution in [0.3, 0.4) is 0 Å². The highest BCUT2D eigenvalue weighted by Crippen LogP contribution is 2.26. The number of hydrazine groups is 1. The summed E-state index contributed by atoms with van der Waals surface area (Å²) in [4.78, 5) is 12.1. The van der Waals surface area contributed by atoms with Crippen LogP contribution in [0.4, 0.5) is 0 Å². The van der Waals surface area contributed by atoms with E-state index in [-0.39, 0.29) is 17.5 Å². The lowest BCUT2D eigenvalue weighted by Gasteiger charge is -2.21. The molecular weight excluding hydrogens is 204 g/mol. The second kappa shape index (κ2) is 4.16. The molecule has 0 spiro atoms. The van der Waals surface area contributed by atoms with Crippen LogP contribution in [-0.4, -0.2) is 11.6 Å². The van der Waals surface area contributed by atoms with Crippen molar-refractivity contribution in [3.05, 3.63) is 47.6 Å². The standard InChI is InChI=1S/C11H12N4O/c12-14-11(15-13)9-6-5-7-3-1-2-4-8(7)10(9)16/h1-6,8H,12-13H2,(H,14,15). The highest BCUT2D eigenvalue weighted by Gasteiger charge is 2.28. The van der Waals surface area contributed by atoms with Gasteiger partial charge in [-0.2, -0.15) is 5.10 Å². The summed E-state index contributed by atoms with van der Waals surface area (Å²) in [5.41, 5.74) is 3.68. The lowest BCUT2D eigenvalue weighted by molar-refractivity contribution is -0.116. The van der Waals surface area contributed by atoms with Crippen LogP contribution in [0.1, 0.15) is 0 Å². The number of hydrazone groups is 1. The number of Topliss-reactive ketones (excluding diaryl/α,β-unsaturated/α-hetero) is 1. The molecule has 0 heterocycles. The van der Waals surface area contributed by atoms with Crippen molar-refractivity contribution < 1.29 is 4.79 Å². The minimum atomic E-state index is -0.255. The fraction of sp³-hybridized carbons (Fsp3) is 0.0909. The second-order valence-electron chi connectivity index (χ2n) is 3.45. The molecule has 0 aromatic carbocycles. The fourth-order valence-electron chi connectivity index (χ4n) is 1.76. The third-order valence-electron chi connectivity index (χ3n) is 2.57. The quantitative estimate of drug-likeness (QED) is 0.247. The summed E-state index contributed by atoms with van der Waals surface area (Å²) in [6.45, 7) is 0. The van der Waals surface area contributed by atoms with E-state index in [0.717, 1.165) is 5.57 Å². The van der Waals surface area contributed by atoms with E-state index in [2.05, 4.69) is 10.5 Å². The van der Waals surface area contributed by atoms with Gasteiger partial charge in [0.25, 0.3) is 0 Å². The number of fused-ring (bicyclic) bond motifs is 1. The van der Waals surface area contributed by atoms with E-state index in [1.165, 1.54) is 0 Å². The van der Waals surface area contributed by atoms with Gasteiger partial charge in [0.2, 0.25) is 0 Å². The number of carbonyl (C=O) groups is 1. The molecule has 2 aliphatic carbocycles. The molecule has 2 aliphatic rings. The van der Waals surface area contributed by atoms with Gasteiger partial charge >= 0.3 is 0 Å². The van der Waals surface area contributed by atoms with Gasteiger partial charge in [-0.25, -0.2) is 5.84 Å². The molecule has 5 nitrogen and oxygen atoms in total. The molecule has 5 heteroatoms. The Morgan fingerprint density at radius 1 is 1.38 bits per heavy atom. The molecule has 0 fully saturated rings. The normalized spacial score (nSPS) is 23.7. The predicted octanol–water partition coefficient (Wildman–Crippen LogP) is -0.100. The Hall–Kier alpha value is -2.14. The third kappa shape index (κ3) is 1.57. The van der Waals surface area contributed by atoms with E-state index >= 15 is 0 Å². The molecule has 0 saturated heterocycles. The zero-order valence-electron chi connectivity index (χ0n) is 8.55. The van der Waals surface area contributed by atoms with Gasteiger partial charge in [0.1, 0.15) is 0 Å². The predicted molar refractivity (Wildman–Crippen MR) is 61.9 cm³/mol.